The molecule has 3 amide bonds. The fraction of sp³-hybridized carbons (Fsp3) is 0.379. The molecule has 5 rings (SSSR count). The second-order valence-electron chi connectivity index (χ2n) is 9.80. The summed E-state index contributed by atoms with van der Waals surface area (Å²) in [4.78, 5) is 31.5. The van der Waals surface area contributed by atoms with Crippen molar-refractivity contribution in [3.63, 3.8) is 0 Å². The molecule has 3 N–H and O–H groups in total. The van der Waals surface area contributed by atoms with Crippen molar-refractivity contribution in [3.8, 4) is 0 Å². The third kappa shape index (κ3) is 6.53. The van der Waals surface area contributed by atoms with Crippen molar-refractivity contribution in [2.24, 2.45) is 0 Å². The van der Waals surface area contributed by atoms with Gasteiger partial charge < -0.3 is 25.6 Å². The first-order valence-electron chi connectivity index (χ1n) is 13.2. The average Bonchev–Trinajstić information content (AvgIpc) is 3.50. The van der Waals surface area contributed by atoms with Crippen LogP contribution in [-0.2, 0) is 11.3 Å². The van der Waals surface area contributed by atoms with Crippen molar-refractivity contribution in [2.75, 3.05) is 56.2 Å². The highest BCUT2D eigenvalue weighted by Gasteiger charge is 2.40. The average molecular weight is 534 g/mol. The summed E-state index contributed by atoms with van der Waals surface area (Å²) < 4.78 is 5.68. The Hall–Kier alpha value is -3.40. The lowest BCUT2D eigenvalue weighted by molar-refractivity contribution is -0.0290. The topological polar surface area (TPSA) is 85.9 Å². The van der Waals surface area contributed by atoms with Gasteiger partial charge in [0.1, 0.15) is 0 Å². The lowest BCUT2D eigenvalue weighted by atomic mass is 9.87. The van der Waals surface area contributed by atoms with Gasteiger partial charge in [0, 0.05) is 73.3 Å². The van der Waals surface area contributed by atoms with Crippen molar-refractivity contribution in [1.29, 1.82) is 0 Å². The molecule has 0 unspecified atom stereocenters. The largest absolute Gasteiger partial charge is 0.381 e. The van der Waals surface area contributed by atoms with Gasteiger partial charge in [0.25, 0.3) is 5.91 Å². The summed E-state index contributed by atoms with van der Waals surface area (Å²) in [5, 5.41) is 10.9. The standard InChI is InChI=1S/C29H35N5O3S/c35-27(30-21-26-10-5-19-38-26)23-6-4-7-24(20-23)32-28(36)31-22-29(11-17-37-18-12-29)34-15-13-33(14-16-34)25-8-2-1-3-9-25/h1-10,19-20H,11-18,21-22H2,(H,30,35)(H2,31,32,36). The summed E-state index contributed by atoms with van der Waals surface area (Å²) in [6.07, 6.45) is 1.77. The minimum absolute atomic E-state index is 0.123. The minimum atomic E-state index is -0.269. The van der Waals surface area contributed by atoms with Crippen LogP contribution in [0.15, 0.2) is 72.1 Å². The highest BCUT2D eigenvalue weighted by Crippen LogP contribution is 2.30. The van der Waals surface area contributed by atoms with Crippen LogP contribution in [0.4, 0.5) is 16.2 Å². The normalized spacial score (nSPS) is 17.5. The number of anilines is 2. The first-order valence-corrected chi connectivity index (χ1v) is 14.1. The van der Waals surface area contributed by atoms with Gasteiger partial charge in [0.15, 0.2) is 0 Å². The number of ether oxygens (including phenoxy) is 1. The molecular formula is C29H35N5O3S. The van der Waals surface area contributed by atoms with Gasteiger partial charge in [-0.25, -0.2) is 4.79 Å². The van der Waals surface area contributed by atoms with Crippen LogP contribution in [0, 0.1) is 0 Å². The molecule has 2 aliphatic rings. The molecule has 38 heavy (non-hydrogen) atoms. The Morgan fingerprint density at radius 3 is 2.42 bits per heavy atom. The first kappa shape index (κ1) is 26.2. The quantitative estimate of drug-likeness (QED) is 0.405. The molecule has 3 heterocycles. The zero-order valence-electron chi connectivity index (χ0n) is 21.5. The van der Waals surface area contributed by atoms with E-state index in [4.69, 9.17) is 4.74 Å². The van der Waals surface area contributed by atoms with Crippen LogP contribution in [0.25, 0.3) is 0 Å². The molecule has 2 aromatic carbocycles. The number of nitrogens with zero attached hydrogens (tertiary/aromatic N) is 2. The van der Waals surface area contributed by atoms with E-state index in [2.05, 4.69) is 50.0 Å². The van der Waals surface area contributed by atoms with E-state index in [-0.39, 0.29) is 17.5 Å². The van der Waals surface area contributed by atoms with Gasteiger partial charge in [-0.1, -0.05) is 30.3 Å². The third-order valence-corrected chi connectivity index (χ3v) is 8.34. The third-order valence-electron chi connectivity index (χ3n) is 7.46. The summed E-state index contributed by atoms with van der Waals surface area (Å²) in [5.41, 5.74) is 2.23. The van der Waals surface area contributed by atoms with E-state index in [0.29, 0.717) is 37.6 Å². The number of rotatable bonds is 8. The van der Waals surface area contributed by atoms with E-state index in [9.17, 15) is 9.59 Å². The van der Waals surface area contributed by atoms with Crippen LogP contribution < -0.4 is 20.9 Å². The Labute approximate surface area is 228 Å². The minimum Gasteiger partial charge on any atom is -0.381 e. The van der Waals surface area contributed by atoms with Gasteiger partial charge in [-0.05, 0) is 54.6 Å². The highest BCUT2D eigenvalue weighted by atomic mass is 32.1. The summed E-state index contributed by atoms with van der Waals surface area (Å²) in [5.74, 6) is -0.168. The summed E-state index contributed by atoms with van der Waals surface area (Å²) >= 11 is 1.60. The Morgan fingerprint density at radius 1 is 0.895 bits per heavy atom. The van der Waals surface area contributed by atoms with E-state index in [1.54, 1.807) is 35.6 Å². The molecule has 1 aromatic heterocycles. The molecule has 3 aromatic rings. The smallest absolute Gasteiger partial charge is 0.319 e. The maximum atomic E-state index is 12.9. The zero-order chi connectivity index (χ0) is 26.2. The number of piperazine rings is 1. The zero-order valence-corrected chi connectivity index (χ0v) is 22.3. The number of benzene rings is 2. The molecule has 9 heteroatoms. The van der Waals surface area contributed by atoms with E-state index < -0.39 is 0 Å². The molecule has 200 valence electrons. The number of para-hydroxylation sites is 1. The van der Waals surface area contributed by atoms with Crippen LogP contribution in [0.1, 0.15) is 28.1 Å². The van der Waals surface area contributed by atoms with E-state index in [0.717, 1.165) is 43.9 Å². The maximum absolute atomic E-state index is 12.9. The summed E-state index contributed by atoms with van der Waals surface area (Å²) in [6, 6.07) is 21.2. The van der Waals surface area contributed by atoms with Gasteiger partial charge in [-0.3, -0.25) is 9.69 Å². The molecule has 2 aliphatic heterocycles. The van der Waals surface area contributed by atoms with E-state index in [1.807, 2.05) is 23.6 Å². The predicted molar refractivity (Wildman–Crippen MR) is 152 cm³/mol. The van der Waals surface area contributed by atoms with Crippen molar-refractivity contribution in [3.05, 3.63) is 82.6 Å². The van der Waals surface area contributed by atoms with Gasteiger partial charge in [0.2, 0.25) is 0 Å². The number of thiophene rings is 1. The van der Waals surface area contributed by atoms with E-state index >= 15 is 0 Å². The molecule has 0 radical (unpaired) electrons. The van der Waals surface area contributed by atoms with Gasteiger partial charge in [0.05, 0.1) is 6.54 Å². The van der Waals surface area contributed by atoms with E-state index in [1.165, 1.54) is 5.69 Å². The van der Waals surface area contributed by atoms with Crippen LogP contribution in [0.2, 0.25) is 0 Å². The second kappa shape index (κ2) is 12.4. The number of carbonyl (C=O) groups is 2. The molecule has 8 nitrogen and oxygen atoms in total. The fourth-order valence-corrected chi connectivity index (χ4v) is 5.92. The molecule has 0 aliphatic carbocycles. The monoisotopic (exact) mass is 533 g/mol. The van der Waals surface area contributed by atoms with Crippen molar-refractivity contribution in [2.45, 2.75) is 24.9 Å². The number of nitrogens with one attached hydrogen (secondary N) is 3. The van der Waals surface area contributed by atoms with Gasteiger partial charge in [-0.15, -0.1) is 11.3 Å². The Morgan fingerprint density at radius 2 is 1.68 bits per heavy atom. The number of hydrogen-bond donors (Lipinski definition) is 3. The Kier molecular flexibility index (Phi) is 8.58. The van der Waals surface area contributed by atoms with Crippen LogP contribution >= 0.6 is 11.3 Å². The molecular weight excluding hydrogens is 498 g/mol. The predicted octanol–water partition coefficient (Wildman–Crippen LogP) is 4.17. The highest BCUT2D eigenvalue weighted by molar-refractivity contribution is 7.09. The SMILES string of the molecule is O=C(NCC1(N2CCN(c3ccccc3)CC2)CCOCC1)Nc1cccc(C(=O)NCc2cccs2)c1. The van der Waals surface area contributed by atoms with Crippen molar-refractivity contribution in [1.82, 2.24) is 15.5 Å². The molecule has 0 spiro atoms. The number of amides is 3. The van der Waals surface area contributed by atoms with Gasteiger partial charge >= 0.3 is 6.03 Å². The van der Waals surface area contributed by atoms with Gasteiger partial charge in [-0.2, -0.15) is 0 Å². The molecule has 0 atom stereocenters. The number of urea groups is 1. The number of carbonyl (C=O) groups excluding carboxylic acids is 2. The summed E-state index contributed by atoms with van der Waals surface area (Å²) in [6.45, 7) is 6.24. The van der Waals surface area contributed by atoms with Crippen molar-refractivity contribution < 1.29 is 14.3 Å². The maximum Gasteiger partial charge on any atom is 0.319 e. The lowest BCUT2D eigenvalue weighted by Crippen LogP contribution is -2.63. The first-order chi connectivity index (χ1) is 18.6. The van der Waals surface area contributed by atoms with Crippen LogP contribution in [0.3, 0.4) is 0 Å². The van der Waals surface area contributed by atoms with Crippen LogP contribution in [0.5, 0.6) is 0 Å². The molecule has 0 saturated carbocycles. The summed E-state index contributed by atoms with van der Waals surface area (Å²) in [7, 11) is 0. The molecule has 0 bridgehead atoms. The Bertz CT molecular complexity index is 1190. The lowest BCUT2D eigenvalue weighted by Gasteiger charge is -2.50. The van der Waals surface area contributed by atoms with Crippen LogP contribution in [-0.4, -0.2) is 68.3 Å². The van der Waals surface area contributed by atoms with Crippen molar-refractivity contribution >= 4 is 34.6 Å². The number of hydrogen-bond acceptors (Lipinski definition) is 6. The molecule has 2 saturated heterocycles. The molecule has 2 fully saturated rings. The fourth-order valence-electron chi connectivity index (χ4n) is 5.27. The second-order valence-corrected chi connectivity index (χ2v) is 10.8. The Balaban J connectivity index is 1.15.